The Kier molecular flexibility index (Phi) is 4.35. The van der Waals surface area contributed by atoms with E-state index in [0.717, 1.165) is 12.1 Å². The van der Waals surface area contributed by atoms with Crippen molar-refractivity contribution in [1.29, 1.82) is 0 Å². The number of hydrogen-bond donors (Lipinski definition) is 1. The van der Waals surface area contributed by atoms with Crippen LogP contribution >= 0.6 is 11.6 Å². The molecule has 0 saturated carbocycles. The number of fused-ring (bicyclic) bond motifs is 1. The molecule has 0 bridgehead atoms. The number of aromatic nitrogens is 1. The van der Waals surface area contributed by atoms with E-state index in [1.165, 1.54) is 11.3 Å². The molecule has 0 spiro atoms. The summed E-state index contributed by atoms with van der Waals surface area (Å²) < 4.78 is 0. The second kappa shape index (κ2) is 6.81. The zero-order valence-corrected chi connectivity index (χ0v) is 15.1. The summed E-state index contributed by atoms with van der Waals surface area (Å²) in [6.07, 6.45) is 2.81. The number of halogens is 1. The van der Waals surface area contributed by atoms with Gasteiger partial charge in [0.1, 0.15) is 5.82 Å². The number of nitrogens with zero attached hydrogens (tertiary/aromatic N) is 2. The van der Waals surface area contributed by atoms with Crippen molar-refractivity contribution in [2.24, 2.45) is 0 Å². The lowest BCUT2D eigenvalue weighted by atomic mass is 10.1. The number of hydrogen-bond acceptors (Lipinski definition) is 3. The number of carbonyl (C=O) groups is 1. The first-order chi connectivity index (χ1) is 12.6. The van der Waals surface area contributed by atoms with Gasteiger partial charge >= 0.3 is 0 Å². The lowest BCUT2D eigenvalue weighted by Gasteiger charge is -2.24. The topological polar surface area (TPSA) is 45.2 Å². The maximum atomic E-state index is 12.3. The van der Waals surface area contributed by atoms with Crippen molar-refractivity contribution >= 4 is 34.7 Å². The number of para-hydroxylation sites is 1. The van der Waals surface area contributed by atoms with Gasteiger partial charge in [-0.3, -0.25) is 4.79 Å². The summed E-state index contributed by atoms with van der Waals surface area (Å²) in [6.45, 7) is 2.20. The molecule has 26 heavy (non-hydrogen) atoms. The van der Waals surface area contributed by atoms with E-state index in [-0.39, 0.29) is 5.91 Å². The van der Waals surface area contributed by atoms with E-state index in [1.54, 1.807) is 30.5 Å². The molecule has 1 atom stereocenters. The number of amides is 1. The summed E-state index contributed by atoms with van der Waals surface area (Å²) in [6, 6.07) is 19.5. The number of pyridine rings is 1. The minimum absolute atomic E-state index is 0.268. The first kappa shape index (κ1) is 16.6. The van der Waals surface area contributed by atoms with Crippen molar-refractivity contribution in [2.45, 2.75) is 19.4 Å². The Labute approximate surface area is 157 Å². The molecule has 130 valence electrons. The van der Waals surface area contributed by atoms with Gasteiger partial charge < -0.3 is 10.2 Å². The third-order valence-corrected chi connectivity index (χ3v) is 4.92. The third-order valence-electron chi connectivity index (χ3n) is 4.59. The van der Waals surface area contributed by atoms with Crippen LogP contribution in [0, 0.1) is 0 Å². The molecule has 2 aromatic carbocycles. The molecule has 1 aliphatic heterocycles. The van der Waals surface area contributed by atoms with E-state index >= 15 is 0 Å². The van der Waals surface area contributed by atoms with Crippen LogP contribution in [0.25, 0.3) is 0 Å². The molecule has 0 saturated heterocycles. The maximum absolute atomic E-state index is 12.3. The highest BCUT2D eigenvalue weighted by Gasteiger charge is 2.26. The van der Waals surface area contributed by atoms with Gasteiger partial charge in [-0.1, -0.05) is 41.9 Å². The molecule has 1 N–H and O–H groups in total. The third kappa shape index (κ3) is 3.04. The van der Waals surface area contributed by atoms with E-state index in [9.17, 15) is 4.79 Å². The van der Waals surface area contributed by atoms with Crippen molar-refractivity contribution < 1.29 is 4.79 Å². The molecule has 2 heterocycles. The fourth-order valence-corrected chi connectivity index (χ4v) is 3.61. The Morgan fingerprint density at radius 3 is 2.65 bits per heavy atom. The van der Waals surface area contributed by atoms with Gasteiger partial charge in [0.2, 0.25) is 0 Å². The van der Waals surface area contributed by atoms with Crippen molar-refractivity contribution in [3.63, 3.8) is 0 Å². The minimum Gasteiger partial charge on any atom is -0.337 e. The molecule has 0 aliphatic carbocycles. The van der Waals surface area contributed by atoms with E-state index in [0.29, 0.717) is 22.4 Å². The van der Waals surface area contributed by atoms with Gasteiger partial charge in [-0.15, -0.1) is 0 Å². The quantitative estimate of drug-likeness (QED) is 0.706. The summed E-state index contributed by atoms with van der Waals surface area (Å²) in [5.41, 5.74) is 4.01. The molecular formula is C21H18ClN3O. The van der Waals surface area contributed by atoms with Gasteiger partial charge in [-0.05, 0) is 49.2 Å². The molecule has 5 heteroatoms. The zero-order chi connectivity index (χ0) is 18.1. The van der Waals surface area contributed by atoms with Crippen LogP contribution in [0.3, 0.4) is 0 Å². The standard InChI is InChI=1S/C21H18ClN3O/c1-14-12-15-6-2-5-9-19(15)25(14)16-10-11-20(23-13-16)24-21(26)17-7-3-4-8-18(17)22/h2-11,13-14H,12H2,1H3,(H,23,24,26). The van der Waals surface area contributed by atoms with Crippen molar-refractivity contribution in [3.8, 4) is 0 Å². The van der Waals surface area contributed by atoms with E-state index in [2.05, 4.69) is 46.4 Å². The average Bonchev–Trinajstić information content (AvgIpc) is 2.98. The van der Waals surface area contributed by atoms with Gasteiger partial charge in [0.15, 0.2) is 0 Å². The van der Waals surface area contributed by atoms with Crippen molar-refractivity contribution in [2.75, 3.05) is 10.2 Å². The monoisotopic (exact) mass is 363 g/mol. The molecule has 1 aliphatic rings. The summed E-state index contributed by atoms with van der Waals surface area (Å²) >= 11 is 6.07. The summed E-state index contributed by atoms with van der Waals surface area (Å²) in [5.74, 6) is 0.231. The molecule has 1 aromatic heterocycles. The Morgan fingerprint density at radius 2 is 1.88 bits per heavy atom. The SMILES string of the molecule is CC1Cc2ccccc2N1c1ccc(NC(=O)c2ccccc2Cl)nc1. The maximum Gasteiger partial charge on any atom is 0.258 e. The molecule has 1 amide bonds. The normalized spacial score (nSPS) is 15.6. The predicted molar refractivity (Wildman–Crippen MR) is 105 cm³/mol. The molecule has 0 radical (unpaired) electrons. The Bertz CT molecular complexity index is 955. The number of rotatable bonds is 3. The van der Waals surface area contributed by atoms with Gasteiger partial charge in [-0.25, -0.2) is 4.98 Å². The number of benzene rings is 2. The molecule has 3 aromatic rings. The lowest BCUT2D eigenvalue weighted by molar-refractivity contribution is 0.102. The van der Waals surface area contributed by atoms with E-state index in [1.807, 2.05) is 12.1 Å². The Hall–Kier alpha value is -2.85. The van der Waals surface area contributed by atoms with Crippen LogP contribution in [0.2, 0.25) is 5.02 Å². The average molecular weight is 364 g/mol. The van der Waals surface area contributed by atoms with E-state index in [4.69, 9.17) is 11.6 Å². The Morgan fingerprint density at radius 1 is 1.12 bits per heavy atom. The van der Waals surface area contributed by atoms with Crippen LogP contribution in [0.4, 0.5) is 17.2 Å². The summed E-state index contributed by atoms with van der Waals surface area (Å²) in [4.78, 5) is 19.0. The van der Waals surface area contributed by atoms with Crippen LogP contribution in [-0.4, -0.2) is 16.9 Å². The number of carbonyl (C=O) groups excluding carboxylic acids is 1. The van der Waals surface area contributed by atoms with Crippen molar-refractivity contribution in [1.82, 2.24) is 4.98 Å². The molecule has 1 unspecified atom stereocenters. The first-order valence-electron chi connectivity index (χ1n) is 8.52. The summed E-state index contributed by atoms with van der Waals surface area (Å²) in [5, 5.41) is 3.21. The van der Waals surface area contributed by atoms with Crippen LogP contribution in [0.1, 0.15) is 22.8 Å². The smallest absolute Gasteiger partial charge is 0.258 e. The zero-order valence-electron chi connectivity index (χ0n) is 14.3. The van der Waals surface area contributed by atoms with Crippen molar-refractivity contribution in [3.05, 3.63) is 83.0 Å². The second-order valence-electron chi connectivity index (χ2n) is 6.39. The fourth-order valence-electron chi connectivity index (χ4n) is 3.39. The summed E-state index contributed by atoms with van der Waals surface area (Å²) in [7, 11) is 0. The predicted octanol–water partition coefficient (Wildman–Crippen LogP) is 5.07. The lowest BCUT2D eigenvalue weighted by Crippen LogP contribution is -2.24. The van der Waals surface area contributed by atoms with Crippen LogP contribution in [0.5, 0.6) is 0 Å². The van der Waals surface area contributed by atoms with Gasteiger partial charge in [0.05, 0.1) is 22.5 Å². The van der Waals surface area contributed by atoms with Gasteiger partial charge in [-0.2, -0.15) is 0 Å². The van der Waals surface area contributed by atoms with Crippen LogP contribution in [0.15, 0.2) is 66.9 Å². The highest BCUT2D eigenvalue weighted by molar-refractivity contribution is 6.34. The largest absolute Gasteiger partial charge is 0.337 e. The Balaban J connectivity index is 1.54. The second-order valence-corrected chi connectivity index (χ2v) is 6.79. The molecule has 4 rings (SSSR count). The van der Waals surface area contributed by atoms with Gasteiger partial charge in [0.25, 0.3) is 5.91 Å². The highest BCUT2D eigenvalue weighted by atomic mass is 35.5. The minimum atomic E-state index is -0.268. The molecular weight excluding hydrogens is 346 g/mol. The number of anilines is 3. The van der Waals surface area contributed by atoms with Gasteiger partial charge in [0, 0.05) is 11.7 Å². The number of nitrogens with one attached hydrogen (secondary N) is 1. The molecule has 0 fully saturated rings. The fraction of sp³-hybridized carbons (Fsp3) is 0.143. The van der Waals surface area contributed by atoms with Crippen LogP contribution in [-0.2, 0) is 6.42 Å². The van der Waals surface area contributed by atoms with Crippen LogP contribution < -0.4 is 10.2 Å². The highest BCUT2D eigenvalue weighted by Crippen LogP contribution is 2.37. The molecule has 4 nitrogen and oxygen atoms in total. The van der Waals surface area contributed by atoms with E-state index < -0.39 is 0 Å². The first-order valence-corrected chi connectivity index (χ1v) is 8.90.